The molecule has 1 N–H and O–H groups in total. The number of aryl methyl sites for hydroxylation is 2. The summed E-state index contributed by atoms with van der Waals surface area (Å²) in [5, 5.41) is 3.58. The molecule has 13 heavy (non-hydrogen) atoms. The van der Waals surface area contributed by atoms with Crippen molar-refractivity contribution in [2.24, 2.45) is 4.99 Å². The molecule has 0 saturated carbocycles. The predicted molar refractivity (Wildman–Crippen MR) is 58.2 cm³/mol. The van der Waals surface area contributed by atoms with Gasteiger partial charge in [0, 0.05) is 5.56 Å². The van der Waals surface area contributed by atoms with E-state index in [1.165, 1.54) is 11.1 Å². The maximum atomic E-state index is 4.83. The molecule has 2 rings (SSSR count). The maximum Gasteiger partial charge on any atom is 0.200 e. The van der Waals surface area contributed by atoms with Gasteiger partial charge < -0.3 is 5.32 Å². The van der Waals surface area contributed by atoms with Crippen LogP contribution in [-0.2, 0) is 0 Å². The van der Waals surface area contributed by atoms with Crippen molar-refractivity contribution in [2.45, 2.75) is 13.8 Å². The quantitative estimate of drug-likeness (QED) is 0.684. The molecule has 1 aromatic rings. The summed E-state index contributed by atoms with van der Waals surface area (Å²) in [5.74, 6) is 0.891. The Kier molecular flexibility index (Phi) is 1.88. The van der Waals surface area contributed by atoms with Gasteiger partial charge in [-0.2, -0.15) is 0 Å². The van der Waals surface area contributed by atoms with Gasteiger partial charge >= 0.3 is 0 Å². The minimum Gasteiger partial charge on any atom is -0.315 e. The van der Waals surface area contributed by atoms with Crippen molar-refractivity contribution in [1.29, 1.82) is 0 Å². The zero-order valence-electron chi connectivity index (χ0n) is 7.59. The molecule has 66 valence electrons. The van der Waals surface area contributed by atoms with E-state index in [9.17, 15) is 0 Å². The van der Waals surface area contributed by atoms with Crippen LogP contribution in [0.2, 0.25) is 0 Å². The monoisotopic (exact) mass is 190 g/mol. The summed E-state index contributed by atoms with van der Waals surface area (Å²) in [7, 11) is 0. The van der Waals surface area contributed by atoms with Gasteiger partial charge in [0.15, 0.2) is 5.11 Å². The predicted octanol–water partition coefficient (Wildman–Crippen LogP) is 1.94. The van der Waals surface area contributed by atoms with Gasteiger partial charge in [-0.05, 0) is 31.6 Å². The van der Waals surface area contributed by atoms with E-state index in [-0.39, 0.29) is 0 Å². The van der Waals surface area contributed by atoms with E-state index in [0.29, 0.717) is 5.11 Å². The minimum atomic E-state index is 0.579. The highest BCUT2D eigenvalue weighted by molar-refractivity contribution is 7.80. The molecule has 0 spiro atoms. The fraction of sp³-hybridized carbons (Fsp3) is 0.200. The van der Waals surface area contributed by atoms with Crippen molar-refractivity contribution in [2.75, 3.05) is 0 Å². The largest absolute Gasteiger partial charge is 0.315 e. The number of nitrogens with one attached hydrogen (secondary N) is 1. The van der Waals surface area contributed by atoms with Gasteiger partial charge in [0.25, 0.3) is 0 Å². The summed E-state index contributed by atoms with van der Waals surface area (Å²) in [6.45, 7) is 4.16. The van der Waals surface area contributed by atoms with E-state index in [4.69, 9.17) is 12.2 Å². The Labute approximate surface area is 82.7 Å². The molecule has 1 heterocycles. The molecule has 0 bridgehead atoms. The second kappa shape index (κ2) is 2.92. The molecule has 0 saturated heterocycles. The van der Waals surface area contributed by atoms with E-state index in [1.54, 1.807) is 0 Å². The highest BCUT2D eigenvalue weighted by atomic mass is 32.1. The Morgan fingerprint density at radius 1 is 1.31 bits per heavy atom. The first-order valence-electron chi connectivity index (χ1n) is 4.14. The van der Waals surface area contributed by atoms with Crippen LogP contribution in [0.25, 0.3) is 0 Å². The molecule has 0 unspecified atom stereocenters. The topological polar surface area (TPSA) is 24.4 Å². The number of rotatable bonds is 1. The molecule has 0 radical (unpaired) electrons. The fourth-order valence-corrected chi connectivity index (χ4v) is 1.60. The standard InChI is InChI=1S/C10H10N2S/c1-6-3-4-8(7(2)5-6)9-11-10(13)12-9/h3-5H,1-2H3,(H,11,12,13). The molecule has 0 amide bonds. The third-order valence-corrected chi connectivity index (χ3v) is 2.27. The van der Waals surface area contributed by atoms with Crippen LogP contribution in [0, 0.1) is 13.8 Å². The summed E-state index contributed by atoms with van der Waals surface area (Å²) < 4.78 is 0. The number of amidine groups is 1. The second-order valence-corrected chi connectivity index (χ2v) is 3.60. The number of hydrogen-bond donors (Lipinski definition) is 1. The molecule has 1 aliphatic rings. The third kappa shape index (κ3) is 1.47. The lowest BCUT2D eigenvalue weighted by Crippen LogP contribution is -2.39. The van der Waals surface area contributed by atoms with E-state index in [2.05, 4.69) is 42.4 Å². The first-order chi connectivity index (χ1) is 6.16. The van der Waals surface area contributed by atoms with Crippen molar-refractivity contribution < 1.29 is 0 Å². The number of aliphatic imine (C=N–C) groups is 1. The Bertz CT molecular complexity index is 407. The number of hydrogen-bond acceptors (Lipinski definition) is 1. The minimum absolute atomic E-state index is 0.579. The van der Waals surface area contributed by atoms with Crippen molar-refractivity contribution in [3.8, 4) is 0 Å². The smallest absolute Gasteiger partial charge is 0.200 e. The van der Waals surface area contributed by atoms with Gasteiger partial charge in [0.05, 0.1) is 0 Å². The lowest BCUT2D eigenvalue weighted by Gasteiger charge is -2.18. The van der Waals surface area contributed by atoms with Crippen molar-refractivity contribution in [1.82, 2.24) is 5.32 Å². The zero-order chi connectivity index (χ0) is 9.42. The van der Waals surface area contributed by atoms with Gasteiger partial charge in [0.1, 0.15) is 5.84 Å². The number of nitrogens with zero attached hydrogens (tertiary/aromatic N) is 1. The highest BCUT2D eigenvalue weighted by Gasteiger charge is 2.15. The molecular weight excluding hydrogens is 180 g/mol. The van der Waals surface area contributed by atoms with Crippen LogP contribution in [0.3, 0.4) is 0 Å². The van der Waals surface area contributed by atoms with Crippen molar-refractivity contribution in [3.05, 3.63) is 34.9 Å². The first-order valence-corrected chi connectivity index (χ1v) is 4.55. The average Bonchev–Trinajstić information content (AvgIpc) is 2.00. The van der Waals surface area contributed by atoms with E-state index >= 15 is 0 Å². The van der Waals surface area contributed by atoms with Crippen LogP contribution in [0.5, 0.6) is 0 Å². The lowest BCUT2D eigenvalue weighted by atomic mass is 10.0. The first kappa shape index (κ1) is 8.38. The van der Waals surface area contributed by atoms with Crippen LogP contribution in [0.1, 0.15) is 16.7 Å². The van der Waals surface area contributed by atoms with Crippen molar-refractivity contribution in [3.63, 3.8) is 0 Å². The molecule has 1 aliphatic heterocycles. The molecule has 0 atom stereocenters. The zero-order valence-corrected chi connectivity index (χ0v) is 8.40. The number of benzene rings is 1. The Hall–Kier alpha value is -1.22. The van der Waals surface area contributed by atoms with E-state index in [0.717, 1.165) is 11.4 Å². The van der Waals surface area contributed by atoms with Crippen LogP contribution in [0.4, 0.5) is 0 Å². The highest BCUT2D eigenvalue weighted by Crippen LogP contribution is 2.13. The molecular formula is C10H10N2S. The van der Waals surface area contributed by atoms with Crippen LogP contribution in [-0.4, -0.2) is 10.9 Å². The van der Waals surface area contributed by atoms with Gasteiger partial charge in [-0.15, -0.1) is 0 Å². The third-order valence-electron chi connectivity index (χ3n) is 2.08. The molecule has 0 fully saturated rings. The average molecular weight is 190 g/mol. The van der Waals surface area contributed by atoms with Crippen LogP contribution < -0.4 is 5.32 Å². The molecule has 0 aliphatic carbocycles. The maximum absolute atomic E-state index is 4.83. The van der Waals surface area contributed by atoms with Crippen LogP contribution in [0.15, 0.2) is 23.2 Å². The lowest BCUT2D eigenvalue weighted by molar-refractivity contribution is 1.22. The Morgan fingerprint density at radius 3 is 2.54 bits per heavy atom. The van der Waals surface area contributed by atoms with Gasteiger partial charge in [0.2, 0.25) is 0 Å². The SMILES string of the molecule is Cc1ccc(C2=NC(=S)N2)c(C)c1. The summed E-state index contributed by atoms with van der Waals surface area (Å²) in [5.41, 5.74) is 3.64. The van der Waals surface area contributed by atoms with Gasteiger partial charge in [-0.25, -0.2) is 4.99 Å². The number of thiocarbonyl (C=S) groups is 1. The normalized spacial score (nSPS) is 14.6. The van der Waals surface area contributed by atoms with E-state index < -0.39 is 0 Å². The Balaban J connectivity index is 2.42. The van der Waals surface area contributed by atoms with Gasteiger partial charge in [-0.3, -0.25) is 0 Å². The molecule has 1 aromatic carbocycles. The van der Waals surface area contributed by atoms with Crippen LogP contribution >= 0.6 is 12.2 Å². The molecule has 0 aromatic heterocycles. The summed E-state index contributed by atoms with van der Waals surface area (Å²) >= 11 is 4.83. The van der Waals surface area contributed by atoms with E-state index in [1.807, 2.05) is 0 Å². The fourth-order valence-electron chi connectivity index (χ4n) is 1.41. The summed E-state index contributed by atoms with van der Waals surface area (Å²) in [4.78, 5) is 4.12. The Morgan fingerprint density at radius 2 is 2.00 bits per heavy atom. The van der Waals surface area contributed by atoms with Gasteiger partial charge in [-0.1, -0.05) is 23.8 Å². The second-order valence-electron chi connectivity index (χ2n) is 3.21. The molecule has 3 heteroatoms. The molecule has 2 nitrogen and oxygen atoms in total. The summed E-state index contributed by atoms with van der Waals surface area (Å²) in [6, 6.07) is 6.28. The van der Waals surface area contributed by atoms with Crippen molar-refractivity contribution >= 4 is 23.2 Å². The summed E-state index contributed by atoms with van der Waals surface area (Å²) in [6.07, 6.45) is 0.